The van der Waals surface area contributed by atoms with Gasteiger partial charge in [0.2, 0.25) is 0 Å². The van der Waals surface area contributed by atoms with E-state index in [-0.39, 0.29) is 29.6 Å². The summed E-state index contributed by atoms with van der Waals surface area (Å²) in [6.45, 7) is 14.0. The lowest BCUT2D eigenvalue weighted by Gasteiger charge is -2.40. The number of methoxy groups -OCH3 is 1. The zero-order valence-electron chi connectivity index (χ0n) is 24.3. The number of rotatable bonds is 5. The van der Waals surface area contributed by atoms with Gasteiger partial charge in [-0.15, -0.1) is 11.8 Å². The fourth-order valence-electron chi connectivity index (χ4n) is 6.70. The van der Waals surface area contributed by atoms with Crippen molar-refractivity contribution in [2.75, 3.05) is 7.11 Å². The van der Waals surface area contributed by atoms with Gasteiger partial charge in [-0.1, -0.05) is 53.7 Å². The number of esters is 2. The van der Waals surface area contributed by atoms with Crippen LogP contribution in [0.5, 0.6) is 5.75 Å². The quantitative estimate of drug-likeness (QED) is 0.391. The Morgan fingerprint density at radius 2 is 1.53 bits per heavy atom. The van der Waals surface area contributed by atoms with Crippen molar-refractivity contribution in [3.63, 3.8) is 0 Å². The van der Waals surface area contributed by atoms with Gasteiger partial charge in [-0.3, -0.25) is 14.4 Å². The minimum atomic E-state index is -1.09. The van der Waals surface area contributed by atoms with Crippen LogP contribution in [0.1, 0.15) is 79.7 Å². The van der Waals surface area contributed by atoms with Crippen LogP contribution in [0.15, 0.2) is 24.3 Å². The first kappa shape index (κ1) is 30.5. The van der Waals surface area contributed by atoms with Crippen LogP contribution in [0.4, 0.5) is 0 Å². The highest BCUT2D eigenvalue weighted by Gasteiger charge is 2.60. The molecular formula is C31H46O6S. The number of hydrogen-bond acceptors (Lipinski definition) is 7. The number of ether oxygens (including phenoxy) is 3. The van der Waals surface area contributed by atoms with Crippen LogP contribution in [0.25, 0.3) is 0 Å². The van der Waals surface area contributed by atoms with Crippen molar-refractivity contribution in [1.29, 1.82) is 0 Å². The van der Waals surface area contributed by atoms with Gasteiger partial charge in [-0.2, -0.15) is 0 Å². The summed E-state index contributed by atoms with van der Waals surface area (Å²) >= 11 is 1.50. The SMILES string of the molecule is CC[C@H]1OC(=O)[C@H](C)C[C@H](C)CC(C)C[C@@H](C)C(=O)[C@H](C)[C@H]2C(SCc3ccc(OC)cc3)C(=O)O[C@@]21C. The molecule has 7 heteroatoms. The first-order valence-corrected chi connectivity index (χ1v) is 15.2. The molecule has 2 aliphatic heterocycles. The second kappa shape index (κ2) is 12.9. The summed E-state index contributed by atoms with van der Waals surface area (Å²) in [7, 11) is 1.63. The molecule has 2 heterocycles. The second-order valence-electron chi connectivity index (χ2n) is 12.0. The van der Waals surface area contributed by atoms with E-state index in [4.69, 9.17) is 14.2 Å². The number of fused-ring (bicyclic) bond motifs is 1. The Kier molecular flexibility index (Phi) is 10.4. The molecule has 1 aromatic rings. The summed E-state index contributed by atoms with van der Waals surface area (Å²) in [5.74, 6) is 0.425. The third kappa shape index (κ3) is 6.75. The molecular weight excluding hydrogens is 500 g/mol. The van der Waals surface area contributed by atoms with E-state index in [2.05, 4.69) is 13.8 Å². The van der Waals surface area contributed by atoms with Crippen molar-refractivity contribution in [3.05, 3.63) is 29.8 Å². The Hall–Kier alpha value is -2.02. The van der Waals surface area contributed by atoms with Gasteiger partial charge < -0.3 is 14.2 Å². The van der Waals surface area contributed by atoms with Gasteiger partial charge in [0.25, 0.3) is 0 Å². The van der Waals surface area contributed by atoms with E-state index in [0.717, 1.165) is 30.6 Å². The zero-order chi connectivity index (χ0) is 28.2. The van der Waals surface area contributed by atoms with Crippen molar-refractivity contribution in [2.45, 2.75) is 96.9 Å². The monoisotopic (exact) mass is 546 g/mol. The lowest BCUT2D eigenvalue weighted by Crippen LogP contribution is -2.52. The topological polar surface area (TPSA) is 78.9 Å². The molecule has 2 saturated heterocycles. The van der Waals surface area contributed by atoms with Crippen molar-refractivity contribution in [2.24, 2.45) is 35.5 Å². The number of thioether (sulfide) groups is 1. The maximum atomic E-state index is 13.8. The normalized spacial score (nSPS) is 37.1. The van der Waals surface area contributed by atoms with Gasteiger partial charge in [0.05, 0.1) is 13.0 Å². The average molecular weight is 547 g/mol. The average Bonchev–Trinajstić information content (AvgIpc) is 3.13. The number of Topliss-reactive ketones (excluding diaryl/α,β-unsaturated/α-hetero) is 1. The summed E-state index contributed by atoms with van der Waals surface area (Å²) < 4.78 is 17.5. The van der Waals surface area contributed by atoms with E-state index in [9.17, 15) is 14.4 Å². The molecule has 0 aliphatic carbocycles. The third-order valence-electron chi connectivity index (χ3n) is 8.59. The van der Waals surface area contributed by atoms with Gasteiger partial charge in [-0.25, -0.2) is 0 Å². The molecule has 2 fully saturated rings. The molecule has 2 unspecified atom stereocenters. The molecule has 212 valence electrons. The predicted molar refractivity (Wildman–Crippen MR) is 151 cm³/mol. The van der Waals surface area contributed by atoms with Crippen LogP contribution in [0.3, 0.4) is 0 Å². The molecule has 0 aromatic heterocycles. The summed E-state index contributed by atoms with van der Waals surface area (Å²) in [6, 6.07) is 7.77. The first-order chi connectivity index (χ1) is 17.9. The van der Waals surface area contributed by atoms with Gasteiger partial charge in [-0.05, 0) is 62.1 Å². The standard InChI is InChI=1S/C31H46O6S/c1-9-25-31(7)26(28(30(34)37-31)38-17-23-10-12-24(35-8)13-11-23)22(6)27(32)20(4)15-18(2)14-19(3)16-21(5)29(33)36-25/h10-13,18-22,25-26,28H,9,14-17H2,1-8H3/t18?,19-,20-,21-,22-,25-,26+,28?,31-/m1/s1. The number of carbonyl (C=O) groups is 3. The van der Waals surface area contributed by atoms with E-state index in [1.807, 2.05) is 58.9 Å². The molecule has 38 heavy (non-hydrogen) atoms. The van der Waals surface area contributed by atoms with E-state index < -0.39 is 28.8 Å². The summed E-state index contributed by atoms with van der Waals surface area (Å²) in [5, 5.41) is -0.538. The summed E-state index contributed by atoms with van der Waals surface area (Å²) in [5.41, 5.74) is -0.0322. The minimum Gasteiger partial charge on any atom is -0.497 e. The fraction of sp³-hybridized carbons (Fsp3) is 0.710. The smallest absolute Gasteiger partial charge is 0.320 e. The molecule has 2 aliphatic rings. The van der Waals surface area contributed by atoms with E-state index in [1.54, 1.807) is 7.11 Å². The maximum Gasteiger partial charge on any atom is 0.320 e. The van der Waals surface area contributed by atoms with E-state index in [1.165, 1.54) is 11.8 Å². The first-order valence-electron chi connectivity index (χ1n) is 14.1. The molecule has 0 radical (unpaired) electrons. The summed E-state index contributed by atoms with van der Waals surface area (Å²) in [4.78, 5) is 40.5. The molecule has 9 atom stereocenters. The number of hydrogen-bond donors (Lipinski definition) is 0. The molecule has 0 saturated carbocycles. The van der Waals surface area contributed by atoms with Crippen molar-refractivity contribution in [1.82, 2.24) is 0 Å². The number of carbonyl (C=O) groups excluding carboxylic acids is 3. The number of benzene rings is 1. The van der Waals surface area contributed by atoms with Crippen LogP contribution in [-0.2, 0) is 29.6 Å². The number of cyclic esters (lactones) is 1. The number of ketones is 1. The molecule has 6 nitrogen and oxygen atoms in total. The lowest BCUT2D eigenvalue weighted by atomic mass is 9.71. The second-order valence-corrected chi connectivity index (χ2v) is 13.1. The van der Waals surface area contributed by atoms with Crippen LogP contribution >= 0.6 is 11.8 Å². The molecule has 0 amide bonds. The highest BCUT2D eigenvalue weighted by atomic mass is 32.2. The van der Waals surface area contributed by atoms with Crippen LogP contribution in [-0.4, -0.2) is 41.8 Å². The lowest BCUT2D eigenvalue weighted by molar-refractivity contribution is -0.183. The molecule has 1 aromatic carbocycles. The Morgan fingerprint density at radius 3 is 2.11 bits per heavy atom. The van der Waals surface area contributed by atoms with E-state index in [0.29, 0.717) is 24.0 Å². The minimum absolute atomic E-state index is 0.123. The van der Waals surface area contributed by atoms with Gasteiger partial charge in [0.1, 0.15) is 22.9 Å². The highest BCUT2D eigenvalue weighted by molar-refractivity contribution is 7.99. The Bertz CT molecular complexity index is 977. The summed E-state index contributed by atoms with van der Waals surface area (Å²) in [6.07, 6.45) is 2.37. The van der Waals surface area contributed by atoms with Crippen molar-refractivity contribution >= 4 is 29.5 Å². The molecule has 3 rings (SSSR count). The predicted octanol–water partition coefficient (Wildman–Crippen LogP) is 6.48. The maximum absolute atomic E-state index is 13.8. The van der Waals surface area contributed by atoms with Crippen molar-refractivity contribution in [3.8, 4) is 5.75 Å². The Balaban J connectivity index is 1.97. The van der Waals surface area contributed by atoms with Gasteiger partial charge in [0.15, 0.2) is 5.60 Å². The van der Waals surface area contributed by atoms with Gasteiger partial charge in [0, 0.05) is 23.5 Å². The Labute approximate surface area is 232 Å². The van der Waals surface area contributed by atoms with Crippen molar-refractivity contribution < 1.29 is 28.6 Å². The zero-order valence-corrected chi connectivity index (χ0v) is 25.1. The molecule has 0 spiro atoms. The largest absolute Gasteiger partial charge is 0.497 e. The van der Waals surface area contributed by atoms with Crippen LogP contribution in [0, 0.1) is 35.5 Å². The van der Waals surface area contributed by atoms with Crippen LogP contribution < -0.4 is 4.74 Å². The Morgan fingerprint density at radius 1 is 0.921 bits per heavy atom. The highest BCUT2D eigenvalue weighted by Crippen LogP contribution is 2.49. The fourth-order valence-corrected chi connectivity index (χ4v) is 8.16. The van der Waals surface area contributed by atoms with Gasteiger partial charge >= 0.3 is 11.9 Å². The molecule has 0 N–H and O–H groups in total. The van der Waals surface area contributed by atoms with E-state index >= 15 is 0 Å². The molecule has 0 bridgehead atoms. The van der Waals surface area contributed by atoms with Crippen LogP contribution in [0.2, 0.25) is 0 Å². The third-order valence-corrected chi connectivity index (χ3v) is 9.93.